The van der Waals surface area contributed by atoms with Gasteiger partial charge in [-0.3, -0.25) is 4.79 Å². The number of nitrogens with one attached hydrogen (secondary N) is 1. The summed E-state index contributed by atoms with van der Waals surface area (Å²) in [7, 11) is 0. The van der Waals surface area contributed by atoms with Crippen molar-refractivity contribution in [1.29, 1.82) is 0 Å². The summed E-state index contributed by atoms with van der Waals surface area (Å²) in [6.07, 6.45) is 49.8. The molecule has 0 spiro atoms. The highest BCUT2D eigenvalue weighted by Crippen LogP contribution is 2.12. The topological polar surface area (TPSA) is 69.6 Å². The van der Waals surface area contributed by atoms with Crippen LogP contribution in [0.25, 0.3) is 0 Å². The van der Waals surface area contributed by atoms with Crippen LogP contribution in [0.1, 0.15) is 155 Å². The number of rotatable bonds is 31. The molecule has 0 fully saturated rings. The molecule has 0 aromatic carbocycles. The standard InChI is InChI=1S/C40H69NO3/c1-3-5-7-9-11-13-15-17-18-19-20-21-22-24-26-28-30-32-34-36-40(44)41-38(37-42)39(43)35-33-31-29-27-25-23-16-14-12-10-8-6-4-2/h5,7,11,13,17-18,20-21,24,26,33,35,38-39,42-43H,3-4,6,8-10,12,14-16,19,22-23,25,27-32,34,36-37H2,1-2H3,(H,41,44)/b7-5-,13-11-,18-17-,21-20-,26-24-,35-33+. The molecule has 4 nitrogen and oxygen atoms in total. The van der Waals surface area contributed by atoms with E-state index in [1.54, 1.807) is 6.08 Å². The first-order chi connectivity index (χ1) is 21.7. The van der Waals surface area contributed by atoms with Crippen LogP contribution < -0.4 is 5.32 Å². The zero-order chi connectivity index (χ0) is 32.2. The molecule has 2 unspecified atom stereocenters. The number of aliphatic hydroxyl groups is 2. The van der Waals surface area contributed by atoms with E-state index in [4.69, 9.17) is 0 Å². The Bertz CT molecular complexity index is 792. The summed E-state index contributed by atoms with van der Waals surface area (Å²) in [6.45, 7) is 4.15. The maximum absolute atomic E-state index is 12.3. The molecule has 3 N–H and O–H groups in total. The minimum atomic E-state index is -0.855. The second kappa shape index (κ2) is 35.3. The van der Waals surface area contributed by atoms with Gasteiger partial charge in [-0.15, -0.1) is 0 Å². The van der Waals surface area contributed by atoms with Gasteiger partial charge in [-0.1, -0.05) is 157 Å². The second-order valence-corrected chi connectivity index (χ2v) is 11.9. The average molecular weight is 612 g/mol. The van der Waals surface area contributed by atoms with E-state index in [9.17, 15) is 15.0 Å². The van der Waals surface area contributed by atoms with Crippen LogP contribution in [0.3, 0.4) is 0 Å². The molecular formula is C40H69NO3. The Morgan fingerprint density at radius 3 is 1.50 bits per heavy atom. The molecule has 0 saturated heterocycles. The lowest BCUT2D eigenvalue weighted by molar-refractivity contribution is -0.123. The van der Waals surface area contributed by atoms with Crippen molar-refractivity contribution in [2.24, 2.45) is 0 Å². The minimum absolute atomic E-state index is 0.100. The molecule has 0 rings (SSSR count). The SMILES string of the molecule is CC/C=C\C/C=C\C/C=C\C/C=C\C/C=C\CCCCCC(=O)NC(CO)C(O)/C=C/CCCCCCCCCCCCC. The fourth-order valence-electron chi connectivity index (χ4n) is 4.91. The molecule has 2 atom stereocenters. The van der Waals surface area contributed by atoms with E-state index in [0.717, 1.165) is 70.6 Å². The van der Waals surface area contributed by atoms with Gasteiger partial charge in [0, 0.05) is 6.42 Å². The van der Waals surface area contributed by atoms with Crippen molar-refractivity contribution < 1.29 is 15.0 Å². The van der Waals surface area contributed by atoms with Gasteiger partial charge in [0.1, 0.15) is 0 Å². The molecule has 0 aromatic rings. The lowest BCUT2D eigenvalue weighted by Crippen LogP contribution is -2.45. The number of unbranched alkanes of at least 4 members (excludes halogenated alkanes) is 14. The summed E-state index contributed by atoms with van der Waals surface area (Å²) in [5.74, 6) is -0.100. The first-order valence-corrected chi connectivity index (χ1v) is 18.2. The summed E-state index contributed by atoms with van der Waals surface area (Å²) >= 11 is 0. The van der Waals surface area contributed by atoms with Crippen molar-refractivity contribution in [3.63, 3.8) is 0 Å². The largest absolute Gasteiger partial charge is 0.394 e. The molecule has 0 bridgehead atoms. The van der Waals surface area contributed by atoms with Gasteiger partial charge in [0.15, 0.2) is 0 Å². The van der Waals surface area contributed by atoms with Crippen molar-refractivity contribution in [1.82, 2.24) is 5.32 Å². The fraction of sp³-hybridized carbons (Fsp3) is 0.675. The van der Waals surface area contributed by atoms with Crippen molar-refractivity contribution in [2.45, 2.75) is 167 Å². The zero-order valence-corrected chi connectivity index (χ0v) is 28.6. The van der Waals surface area contributed by atoms with Crippen LogP contribution >= 0.6 is 0 Å². The Hall–Kier alpha value is -2.17. The van der Waals surface area contributed by atoms with Crippen LogP contribution in [0.4, 0.5) is 0 Å². The van der Waals surface area contributed by atoms with Crippen molar-refractivity contribution in [3.8, 4) is 0 Å². The highest BCUT2D eigenvalue weighted by molar-refractivity contribution is 5.76. The average Bonchev–Trinajstić information content (AvgIpc) is 3.03. The van der Waals surface area contributed by atoms with Gasteiger partial charge in [0.05, 0.1) is 18.8 Å². The molecule has 0 heterocycles. The zero-order valence-electron chi connectivity index (χ0n) is 28.6. The predicted molar refractivity (Wildman–Crippen MR) is 193 cm³/mol. The maximum Gasteiger partial charge on any atom is 0.220 e. The monoisotopic (exact) mass is 612 g/mol. The molecule has 1 amide bonds. The van der Waals surface area contributed by atoms with Crippen LogP contribution in [0.15, 0.2) is 72.9 Å². The third kappa shape index (κ3) is 31.3. The fourth-order valence-corrected chi connectivity index (χ4v) is 4.91. The predicted octanol–water partition coefficient (Wildman–Crippen LogP) is 10.8. The number of hydrogen-bond donors (Lipinski definition) is 3. The Balaban J connectivity index is 3.76. The molecule has 4 heteroatoms. The summed E-state index contributed by atoms with van der Waals surface area (Å²) in [4.78, 5) is 12.3. The summed E-state index contributed by atoms with van der Waals surface area (Å²) < 4.78 is 0. The molecule has 0 aromatic heterocycles. The quantitative estimate of drug-likeness (QED) is 0.0539. The number of hydrogen-bond acceptors (Lipinski definition) is 3. The maximum atomic E-state index is 12.3. The van der Waals surface area contributed by atoms with Gasteiger partial charge in [0.2, 0.25) is 5.91 Å². The van der Waals surface area contributed by atoms with Gasteiger partial charge in [-0.25, -0.2) is 0 Å². The van der Waals surface area contributed by atoms with E-state index in [0.29, 0.717) is 6.42 Å². The van der Waals surface area contributed by atoms with Crippen LogP contribution in [-0.4, -0.2) is 34.9 Å². The van der Waals surface area contributed by atoms with Crippen LogP contribution in [0, 0.1) is 0 Å². The van der Waals surface area contributed by atoms with Crippen molar-refractivity contribution >= 4 is 5.91 Å². The van der Waals surface area contributed by atoms with E-state index in [2.05, 4.69) is 79.9 Å². The Kier molecular flexibility index (Phi) is 33.6. The number of carbonyl (C=O) groups excluding carboxylic acids is 1. The van der Waals surface area contributed by atoms with Gasteiger partial charge in [0.25, 0.3) is 0 Å². The first kappa shape index (κ1) is 41.8. The third-order valence-corrected chi connectivity index (χ3v) is 7.70. The van der Waals surface area contributed by atoms with E-state index in [1.165, 1.54) is 64.2 Å². The normalized spacial score (nSPS) is 14.0. The molecule has 0 aliphatic heterocycles. The molecule has 44 heavy (non-hydrogen) atoms. The van der Waals surface area contributed by atoms with Gasteiger partial charge in [-0.2, -0.15) is 0 Å². The summed E-state index contributed by atoms with van der Waals surface area (Å²) in [6, 6.07) is -0.641. The van der Waals surface area contributed by atoms with Crippen LogP contribution in [0.5, 0.6) is 0 Å². The highest BCUT2D eigenvalue weighted by Gasteiger charge is 2.17. The smallest absolute Gasteiger partial charge is 0.220 e. The summed E-state index contributed by atoms with van der Waals surface area (Å²) in [5.41, 5.74) is 0. The van der Waals surface area contributed by atoms with Gasteiger partial charge >= 0.3 is 0 Å². The summed E-state index contributed by atoms with van der Waals surface area (Å²) in [5, 5.41) is 22.8. The number of allylic oxidation sites excluding steroid dienone is 11. The van der Waals surface area contributed by atoms with Crippen molar-refractivity contribution in [3.05, 3.63) is 72.9 Å². The van der Waals surface area contributed by atoms with Crippen LogP contribution in [-0.2, 0) is 4.79 Å². The second-order valence-electron chi connectivity index (χ2n) is 11.9. The Morgan fingerprint density at radius 1 is 0.568 bits per heavy atom. The molecular weight excluding hydrogens is 542 g/mol. The molecule has 0 saturated carbocycles. The Labute approximate surface area is 272 Å². The molecule has 0 aliphatic carbocycles. The van der Waals surface area contributed by atoms with E-state index in [1.807, 2.05) is 6.08 Å². The van der Waals surface area contributed by atoms with Crippen molar-refractivity contribution in [2.75, 3.05) is 6.61 Å². The number of amides is 1. The lowest BCUT2D eigenvalue weighted by atomic mass is 10.0. The molecule has 252 valence electrons. The Morgan fingerprint density at radius 2 is 1.00 bits per heavy atom. The number of carbonyl (C=O) groups is 1. The molecule has 0 aliphatic rings. The number of aliphatic hydroxyl groups excluding tert-OH is 2. The van der Waals surface area contributed by atoms with Gasteiger partial charge in [-0.05, 0) is 64.2 Å². The van der Waals surface area contributed by atoms with E-state index < -0.39 is 12.1 Å². The lowest BCUT2D eigenvalue weighted by Gasteiger charge is -2.19. The minimum Gasteiger partial charge on any atom is -0.394 e. The third-order valence-electron chi connectivity index (χ3n) is 7.70. The van der Waals surface area contributed by atoms with Crippen LogP contribution in [0.2, 0.25) is 0 Å². The first-order valence-electron chi connectivity index (χ1n) is 18.2. The van der Waals surface area contributed by atoms with E-state index in [-0.39, 0.29) is 12.5 Å². The van der Waals surface area contributed by atoms with Gasteiger partial charge < -0.3 is 15.5 Å². The highest BCUT2D eigenvalue weighted by atomic mass is 16.3. The molecule has 0 radical (unpaired) electrons. The van der Waals surface area contributed by atoms with E-state index >= 15 is 0 Å².